The molecule has 1 aliphatic carbocycles. The van der Waals surface area contributed by atoms with E-state index in [1.54, 1.807) is 0 Å². The quantitative estimate of drug-likeness (QED) is 0.159. The molecule has 0 atom stereocenters. The normalized spacial score (nSPS) is 15.3. The molecule has 3 aliphatic rings. The molecule has 0 saturated heterocycles. The minimum absolute atomic E-state index is 0.0220. The molecule has 6 heteroatoms. The molecule has 0 radical (unpaired) electrons. The summed E-state index contributed by atoms with van der Waals surface area (Å²) >= 11 is 3.92. The standard InChI is InChI=1S/C73H66BN3S2/c1-43-37-57-58(73(10,11)36-35-72(57,8)9)42-61(43)76-60-34-25-45(44-19-13-12-14-20-44)38-59(60)74-65-53(41-55-51-21-15-17-23-62(51)78-68(55)67(65)76)54-39-50(40-56-64-52-22-16-18-24-63(52)79-69(64)77(74)66(54)56)75(48-30-26-46(27-31-48)70(2,3)4)49-32-28-47(29-33-49)71(5,6)7/h12-34,37-42H,35-36H2,1-11H3. The van der Waals surface area contributed by atoms with Gasteiger partial charge in [-0.3, -0.25) is 0 Å². The highest BCUT2D eigenvalue weighted by atomic mass is 32.1. The van der Waals surface area contributed by atoms with Crippen LogP contribution in [-0.4, -0.2) is 11.3 Å². The molecule has 9 aromatic carbocycles. The molecule has 2 aliphatic heterocycles. The Morgan fingerprint density at radius 3 is 1.75 bits per heavy atom. The van der Waals surface area contributed by atoms with Gasteiger partial charge in [-0.05, 0) is 164 Å². The third-order valence-corrected chi connectivity index (χ3v) is 20.8. The van der Waals surface area contributed by atoms with Gasteiger partial charge in [-0.1, -0.05) is 178 Å². The van der Waals surface area contributed by atoms with Crippen LogP contribution in [0.1, 0.15) is 110 Å². The molecular weight excluding hydrogens is 994 g/mol. The van der Waals surface area contributed by atoms with E-state index < -0.39 is 0 Å². The monoisotopic (exact) mass is 1060 g/mol. The van der Waals surface area contributed by atoms with Crippen molar-refractivity contribution in [2.24, 2.45) is 0 Å². The fraction of sp³-hybridized carbons (Fsp3) is 0.233. The number of anilines is 6. The van der Waals surface area contributed by atoms with Crippen LogP contribution in [0, 0.1) is 6.92 Å². The maximum absolute atomic E-state index is 2.80. The maximum atomic E-state index is 2.80. The minimum atomic E-state index is -0.111. The Balaban J connectivity index is 1.11. The van der Waals surface area contributed by atoms with Crippen LogP contribution in [0.2, 0.25) is 0 Å². The second-order valence-electron chi connectivity index (χ2n) is 26.5. The van der Waals surface area contributed by atoms with Crippen molar-refractivity contribution < 1.29 is 0 Å². The molecule has 3 aromatic heterocycles. The van der Waals surface area contributed by atoms with E-state index in [1.807, 2.05) is 22.7 Å². The lowest BCUT2D eigenvalue weighted by molar-refractivity contribution is 0.332. The largest absolute Gasteiger partial charge is 0.367 e. The molecule has 3 nitrogen and oxygen atoms in total. The van der Waals surface area contributed by atoms with E-state index in [4.69, 9.17) is 0 Å². The van der Waals surface area contributed by atoms with E-state index in [0.29, 0.717) is 0 Å². The lowest BCUT2D eigenvalue weighted by Gasteiger charge is -2.45. The van der Waals surface area contributed by atoms with E-state index in [1.165, 1.54) is 136 Å². The van der Waals surface area contributed by atoms with E-state index in [0.717, 1.165) is 23.5 Å². The van der Waals surface area contributed by atoms with Gasteiger partial charge in [-0.25, -0.2) is 0 Å². The zero-order chi connectivity index (χ0) is 54.2. The van der Waals surface area contributed by atoms with E-state index in [2.05, 4.69) is 266 Å². The molecule has 5 heterocycles. The molecule has 0 amide bonds. The number of hydrogen-bond acceptors (Lipinski definition) is 4. The third kappa shape index (κ3) is 7.22. The van der Waals surface area contributed by atoms with E-state index >= 15 is 0 Å². The zero-order valence-electron chi connectivity index (χ0n) is 47.4. The molecule has 0 unspecified atom stereocenters. The Labute approximate surface area is 473 Å². The zero-order valence-corrected chi connectivity index (χ0v) is 49.0. The number of benzene rings is 9. The number of nitrogens with zero attached hydrogens (tertiary/aromatic N) is 3. The molecule has 12 aromatic rings. The van der Waals surface area contributed by atoms with Gasteiger partial charge in [-0.15, -0.1) is 22.7 Å². The Kier molecular flexibility index (Phi) is 10.4. The maximum Gasteiger partial charge on any atom is 0.333 e. The summed E-state index contributed by atoms with van der Waals surface area (Å²) in [6, 6.07) is 68.4. The molecular formula is C73H66BN3S2. The first-order chi connectivity index (χ1) is 37.8. The van der Waals surface area contributed by atoms with Gasteiger partial charge in [0.25, 0.3) is 0 Å². The number of fused-ring (bicyclic) bond motifs is 14. The summed E-state index contributed by atoms with van der Waals surface area (Å²) in [5.74, 6) is 0. The highest BCUT2D eigenvalue weighted by Gasteiger charge is 2.46. The summed E-state index contributed by atoms with van der Waals surface area (Å²) in [5, 5.41) is 6.58. The van der Waals surface area contributed by atoms with Crippen molar-refractivity contribution in [1.29, 1.82) is 0 Å². The molecule has 388 valence electrons. The predicted octanol–water partition coefficient (Wildman–Crippen LogP) is 20.2. The van der Waals surface area contributed by atoms with Crippen molar-refractivity contribution in [2.75, 3.05) is 9.80 Å². The van der Waals surface area contributed by atoms with Crippen LogP contribution >= 0.6 is 22.7 Å². The van der Waals surface area contributed by atoms with Gasteiger partial charge in [0.1, 0.15) is 0 Å². The van der Waals surface area contributed by atoms with E-state index in [-0.39, 0.29) is 28.5 Å². The topological polar surface area (TPSA) is 11.4 Å². The second-order valence-corrected chi connectivity index (χ2v) is 28.5. The SMILES string of the molecule is Cc1cc2c(cc1N1c3ccc(-c4ccccc4)cc3B3c4c(cc5c(sc6ccccc65)c41)-c1cc(N(c4ccc(C(C)(C)C)cc4)c4ccc(C(C)(C)C)cc4)cc4c5c6ccccc6sc5n3c14)C(C)(C)CCC2(C)C. The molecule has 0 bridgehead atoms. The number of aromatic nitrogens is 1. The van der Waals surface area contributed by atoms with Crippen molar-refractivity contribution in [1.82, 2.24) is 4.48 Å². The summed E-state index contributed by atoms with van der Waals surface area (Å²) in [6.07, 6.45) is 2.33. The van der Waals surface area contributed by atoms with Crippen molar-refractivity contribution >= 4 is 126 Å². The molecule has 0 spiro atoms. The summed E-state index contributed by atoms with van der Waals surface area (Å²) in [6.45, 7) is 26.0. The fourth-order valence-electron chi connectivity index (χ4n) is 14.0. The fourth-order valence-corrected chi connectivity index (χ4v) is 16.5. The van der Waals surface area contributed by atoms with Crippen LogP contribution < -0.4 is 20.7 Å². The second kappa shape index (κ2) is 16.8. The van der Waals surface area contributed by atoms with Gasteiger partial charge in [0, 0.05) is 75.8 Å². The molecule has 0 N–H and O–H groups in total. The number of thiophene rings is 2. The van der Waals surface area contributed by atoms with Gasteiger partial charge in [-0.2, -0.15) is 0 Å². The van der Waals surface area contributed by atoms with Crippen LogP contribution in [0.4, 0.5) is 34.1 Å². The number of hydrogen-bond donors (Lipinski definition) is 0. The number of rotatable bonds is 5. The summed E-state index contributed by atoms with van der Waals surface area (Å²) in [5.41, 5.74) is 23.5. The average molecular weight is 1060 g/mol. The van der Waals surface area contributed by atoms with Gasteiger partial charge in [0.05, 0.1) is 15.2 Å². The van der Waals surface area contributed by atoms with Crippen LogP contribution in [0.15, 0.2) is 176 Å². The van der Waals surface area contributed by atoms with Gasteiger partial charge < -0.3 is 14.3 Å². The smallest absolute Gasteiger partial charge is 0.333 e. The molecule has 0 fully saturated rings. The van der Waals surface area contributed by atoms with Crippen LogP contribution in [0.3, 0.4) is 0 Å². The number of aryl methyl sites for hydroxylation is 1. The third-order valence-electron chi connectivity index (χ3n) is 18.5. The molecule has 79 heavy (non-hydrogen) atoms. The highest BCUT2D eigenvalue weighted by molar-refractivity contribution is 7.27. The van der Waals surface area contributed by atoms with Crippen LogP contribution in [-0.2, 0) is 21.7 Å². The summed E-state index contributed by atoms with van der Waals surface area (Å²) in [7, 11) is 0. The summed E-state index contributed by atoms with van der Waals surface area (Å²) in [4.78, 5) is 6.58. The highest BCUT2D eigenvalue weighted by Crippen LogP contribution is 2.56. The summed E-state index contributed by atoms with van der Waals surface area (Å²) < 4.78 is 6.77. The Hall–Kier alpha value is -7.38. The predicted molar refractivity (Wildman–Crippen MR) is 346 cm³/mol. The first-order valence-electron chi connectivity index (χ1n) is 28.5. The molecule has 0 saturated carbocycles. The average Bonchev–Trinajstić information content (AvgIpc) is 3.42. The minimum Gasteiger partial charge on any atom is -0.367 e. The van der Waals surface area contributed by atoms with Crippen molar-refractivity contribution in [3.63, 3.8) is 0 Å². The lowest BCUT2D eigenvalue weighted by atomic mass is 9.45. The van der Waals surface area contributed by atoms with Crippen LogP contribution in [0.25, 0.3) is 73.6 Å². The van der Waals surface area contributed by atoms with Crippen LogP contribution in [0.5, 0.6) is 0 Å². The lowest BCUT2D eigenvalue weighted by Crippen LogP contribution is -2.56. The van der Waals surface area contributed by atoms with Crippen molar-refractivity contribution in [2.45, 2.75) is 111 Å². The molecule has 15 rings (SSSR count). The van der Waals surface area contributed by atoms with E-state index in [9.17, 15) is 0 Å². The first kappa shape index (κ1) is 48.7. The van der Waals surface area contributed by atoms with Crippen molar-refractivity contribution in [3.05, 3.63) is 204 Å². The van der Waals surface area contributed by atoms with Gasteiger partial charge in [0.2, 0.25) is 0 Å². The Morgan fingerprint density at radius 1 is 0.506 bits per heavy atom. The van der Waals surface area contributed by atoms with Gasteiger partial charge in [0.15, 0.2) is 0 Å². The first-order valence-corrected chi connectivity index (χ1v) is 30.1. The Morgan fingerprint density at radius 2 is 1.10 bits per heavy atom. The van der Waals surface area contributed by atoms with Crippen molar-refractivity contribution in [3.8, 4) is 22.3 Å². The Bertz CT molecular complexity index is 4460. The van der Waals surface area contributed by atoms with Gasteiger partial charge >= 0.3 is 6.85 Å².